The molecule has 1 saturated carbocycles. The van der Waals surface area contributed by atoms with Crippen LogP contribution in [0.15, 0.2) is 59.1 Å². The molecule has 1 saturated heterocycles. The van der Waals surface area contributed by atoms with Crippen molar-refractivity contribution >= 4 is 17.0 Å². The van der Waals surface area contributed by atoms with Crippen LogP contribution in [0.3, 0.4) is 0 Å². The van der Waals surface area contributed by atoms with Gasteiger partial charge in [-0.2, -0.15) is 5.26 Å². The van der Waals surface area contributed by atoms with Crippen molar-refractivity contribution in [3.05, 3.63) is 65.9 Å². The highest BCUT2D eigenvalue weighted by Crippen LogP contribution is 2.38. The molecule has 2 aromatic carbocycles. The number of hydrogen-bond acceptors (Lipinski definition) is 8. The second-order valence-corrected chi connectivity index (χ2v) is 10.4. The van der Waals surface area contributed by atoms with Crippen molar-refractivity contribution in [1.29, 1.82) is 5.26 Å². The number of nitrogens with zero attached hydrogens (tertiary/aromatic N) is 2. The highest BCUT2D eigenvalue weighted by Gasteiger charge is 2.22. The Hall–Kier alpha value is -4.39. The molecule has 0 unspecified atom stereocenters. The maximum Gasteiger partial charge on any atom is 0.274 e. The summed E-state index contributed by atoms with van der Waals surface area (Å²) in [5, 5.41) is 9.91. The molecule has 0 atom stereocenters. The van der Waals surface area contributed by atoms with Crippen LogP contribution in [0.1, 0.15) is 54.4 Å². The minimum absolute atomic E-state index is 0.133. The summed E-state index contributed by atoms with van der Waals surface area (Å²) in [6.07, 6.45) is 8.57. The first-order valence-corrected chi connectivity index (χ1v) is 13.9. The predicted octanol–water partition coefficient (Wildman–Crippen LogP) is 6.20. The van der Waals surface area contributed by atoms with Crippen LogP contribution in [0.5, 0.6) is 11.5 Å². The van der Waals surface area contributed by atoms with Gasteiger partial charge in [0.25, 0.3) is 5.91 Å². The Labute approximate surface area is 237 Å². The van der Waals surface area contributed by atoms with E-state index in [0.29, 0.717) is 58.3 Å². The number of hydroxylamine groups is 1. The van der Waals surface area contributed by atoms with Gasteiger partial charge in [0, 0.05) is 23.4 Å². The molecule has 210 valence electrons. The molecule has 6 rings (SSSR count). The molecule has 9 nitrogen and oxygen atoms in total. The maximum absolute atomic E-state index is 12.6. The molecule has 1 amide bonds. The minimum atomic E-state index is -0.380. The number of aromatic nitrogens is 1. The lowest BCUT2D eigenvalue weighted by atomic mass is 10.0. The number of benzene rings is 2. The van der Waals surface area contributed by atoms with E-state index in [2.05, 4.69) is 16.5 Å². The van der Waals surface area contributed by atoms with Crippen molar-refractivity contribution in [3.63, 3.8) is 0 Å². The molecule has 4 aromatic rings. The number of carbonyl (C=O) groups excluding carboxylic acids is 1. The average Bonchev–Trinajstić information content (AvgIpc) is 3.25. The van der Waals surface area contributed by atoms with E-state index in [9.17, 15) is 10.1 Å². The van der Waals surface area contributed by atoms with Crippen molar-refractivity contribution in [3.8, 4) is 40.0 Å². The lowest BCUT2D eigenvalue weighted by Crippen LogP contribution is -2.41. The highest BCUT2D eigenvalue weighted by molar-refractivity contribution is 5.96. The van der Waals surface area contributed by atoms with E-state index in [1.165, 1.54) is 20.0 Å². The summed E-state index contributed by atoms with van der Waals surface area (Å²) >= 11 is 0. The maximum atomic E-state index is 12.6. The Balaban J connectivity index is 1.27. The van der Waals surface area contributed by atoms with Crippen molar-refractivity contribution in [2.75, 3.05) is 20.3 Å². The van der Waals surface area contributed by atoms with Crippen LogP contribution >= 0.6 is 0 Å². The highest BCUT2D eigenvalue weighted by atomic mass is 16.7. The number of furan rings is 1. The number of fused-ring (bicyclic) bond motifs is 1. The van der Waals surface area contributed by atoms with Gasteiger partial charge in [0.1, 0.15) is 34.9 Å². The van der Waals surface area contributed by atoms with Crippen LogP contribution in [-0.2, 0) is 9.57 Å². The zero-order chi connectivity index (χ0) is 28.2. The van der Waals surface area contributed by atoms with Crippen LogP contribution < -0.4 is 15.0 Å². The Morgan fingerprint density at radius 3 is 2.54 bits per heavy atom. The SMILES string of the molecule is COc1cc(C(=O)NOC2COC2)ccc1-c1cc2nccc(-c3ccc(OC4CCCCCC4)c(C#N)c3)c2o1. The molecule has 2 fully saturated rings. The normalized spacial score (nSPS) is 16.0. The largest absolute Gasteiger partial charge is 0.496 e. The van der Waals surface area contributed by atoms with Crippen LogP contribution in [-0.4, -0.2) is 43.4 Å². The number of rotatable bonds is 8. The van der Waals surface area contributed by atoms with Gasteiger partial charge >= 0.3 is 0 Å². The van der Waals surface area contributed by atoms with Crippen LogP contribution in [0.25, 0.3) is 33.6 Å². The third-order valence-corrected chi connectivity index (χ3v) is 7.57. The summed E-state index contributed by atoms with van der Waals surface area (Å²) in [5.41, 5.74) is 6.90. The van der Waals surface area contributed by atoms with Gasteiger partial charge in [0.15, 0.2) is 5.58 Å². The Kier molecular flexibility index (Phi) is 7.85. The molecule has 0 spiro atoms. The Bertz CT molecular complexity index is 1600. The fourth-order valence-corrected chi connectivity index (χ4v) is 5.24. The molecule has 1 N–H and O–H groups in total. The molecule has 2 aliphatic rings. The van der Waals surface area contributed by atoms with E-state index in [4.69, 9.17) is 23.5 Å². The monoisotopic (exact) mass is 553 g/mol. The third-order valence-electron chi connectivity index (χ3n) is 7.57. The van der Waals surface area contributed by atoms with Crippen LogP contribution in [0.2, 0.25) is 0 Å². The molecular formula is C32H31N3O6. The standard InChI is InChI=1S/C32H31N3O6/c1-37-29-15-21(32(36)35-41-24-18-38-19-24)8-10-26(29)30-16-27-31(40-30)25(12-13-34-27)20-9-11-28(22(14-20)17-33)39-23-6-4-2-3-5-7-23/h8-16,23-24H,2-7,18-19H2,1H3,(H,35,36). The van der Waals surface area contributed by atoms with E-state index in [1.807, 2.05) is 30.3 Å². The van der Waals surface area contributed by atoms with Gasteiger partial charge in [-0.3, -0.25) is 14.6 Å². The molecule has 41 heavy (non-hydrogen) atoms. The minimum Gasteiger partial charge on any atom is -0.496 e. The molecule has 2 aromatic heterocycles. The zero-order valence-electron chi connectivity index (χ0n) is 22.9. The summed E-state index contributed by atoms with van der Waals surface area (Å²) in [4.78, 5) is 22.4. The van der Waals surface area contributed by atoms with Gasteiger partial charge in [-0.1, -0.05) is 18.9 Å². The number of pyridine rings is 1. The van der Waals surface area contributed by atoms with Gasteiger partial charge in [0.2, 0.25) is 0 Å². The Morgan fingerprint density at radius 2 is 1.80 bits per heavy atom. The molecule has 0 radical (unpaired) electrons. The second-order valence-electron chi connectivity index (χ2n) is 10.4. The first-order valence-electron chi connectivity index (χ1n) is 13.9. The lowest BCUT2D eigenvalue weighted by Gasteiger charge is -2.25. The van der Waals surface area contributed by atoms with Crippen molar-refractivity contribution < 1.29 is 28.3 Å². The van der Waals surface area contributed by atoms with E-state index in [0.717, 1.165) is 36.8 Å². The average molecular weight is 554 g/mol. The molecule has 0 bridgehead atoms. The smallest absolute Gasteiger partial charge is 0.274 e. The molecular weight excluding hydrogens is 522 g/mol. The topological polar surface area (TPSA) is 116 Å². The molecule has 9 heteroatoms. The van der Waals surface area contributed by atoms with Crippen molar-refractivity contribution in [1.82, 2.24) is 10.5 Å². The molecule has 3 heterocycles. The quantitative estimate of drug-likeness (QED) is 0.202. The number of hydrogen-bond donors (Lipinski definition) is 1. The number of nitriles is 1. The number of nitrogens with one attached hydrogen (secondary N) is 1. The zero-order valence-corrected chi connectivity index (χ0v) is 22.9. The first kappa shape index (κ1) is 26.8. The van der Waals surface area contributed by atoms with E-state index < -0.39 is 0 Å². The summed E-state index contributed by atoms with van der Waals surface area (Å²) in [5.74, 6) is 1.25. The first-order chi connectivity index (χ1) is 20.1. The van der Waals surface area contributed by atoms with Crippen LogP contribution in [0.4, 0.5) is 0 Å². The van der Waals surface area contributed by atoms with Gasteiger partial charge in [-0.25, -0.2) is 5.48 Å². The number of ether oxygens (including phenoxy) is 3. The molecule has 1 aliphatic heterocycles. The Morgan fingerprint density at radius 1 is 0.976 bits per heavy atom. The molecule has 1 aliphatic carbocycles. The van der Waals surface area contributed by atoms with E-state index in [-0.39, 0.29) is 18.1 Å². The summed E-state index contributed by atoms with van der Waals surface area (Å²) in [6.45, 7) is 0.918. The van der Waals surface area contributed by atoms with E-state index >= 15 is 0 Å². The summed E-state index contributed by atoms with van der Waals surface area (Å²) < 4.78 is 23.3. The van der Waals surface area contributed by atoms with Crippen molar-refractivity contribution in [2.24, 2.45) is 0 Å². The second kappa shape index (κ2) is 12.0. The fraction of sp³-hybridized carbons (Fsp3) is 0.344. The fourth-order valence-electron chi connectivity index (χ4n) is 5.24. The number of amides is 1. The van der Waals surface area contributed by atoms with Crippen LogP contribution in [0, 0.1) is 11.3 Å². The van der Waals surface area contributed by atoms with Gasteiger partial charge in [-0.05, 0) is 67.6 Å². The van der Waals surface area contributed by atoms with Gasteiger partial charge < -0.3 is 18.6 Å². The third kappa shape index (κ3) is 5.75. The number of carbonyl (C=O) groups is 1. The summed E-state index contributed by atoms with van der Waals surface area (Å²) in [7, 11) is 1.54. The number of methoxy groups -OCH3 is 1. The van der Waals surface area contributed by atoms with E-state index in [1.54, 1.807) is 24.4 Å². The summed E-state index contributed by atoms with van der Waals surface area (Å²) in [6, 6.07) is 16.8. The lowest BCUT2D eigenvalue weighted by molar-refractivity contribution is -0.152. The predicted molar refractivity (Wildman–Crippen MR) is 151 cm³/mol. The van der Waals surface area contributed by atoms with Gasteiger partial charge in [-0.15, -0.1) is 0 Å². The van der Waals surface area contributed by atoms with Gasteiger partial charge in [0.05, 0.1) is 37.6 Å². The van der Waals surface area contributed by atoms with Crippen molar-refractivity contribution in [2.45, 2.75) is 50.7 Å².